The lowest BCUT2D eigenvalue weighted by Crippen LogP contribution is -2.06. The third-order valence-electron chi connectivity index (χ3n) is 3.62. The molecule has 2 N–H and O–H groups in total. The van der Waals surface area contributed by atoms with Crippen molar-refractivity contribution >= 4 is 33.0 Å². The Morgan fingerprint density at radius 3 is 2.76 bits per heavy atom. The van der Waals surface area contributed by atoms with Gasteiger partial charge in [-0.15, -0.1) is 0 Å². The molecule has 21 heavy (non-hydrogen) atoms. The van der Waals surface area contributed by atoms with Crippen LogP contribution in [0.25, 0.3) is 16.9 Å². The summed E-state index contributed by atoms with van der Waals surface area (Å²) in [6.45, 7) is 4.20. The van der Waals surface area contributed by atoms with Gasteiger partial charge in [0.1, 0.15) is 5.52 Å². The van der Waals surface area contributed by atoms with E-state index in [4.69, 9.17) is 5.73 Å². The van der Waals surface area contributed by atoms with Gasteiger partial charge in [-0.3, -0.25) is 4.57 Å². The lowest BCUT2D eigenvalue weighted by molar-refractivity contribution is 0.737. The zero-order valence-corrected chi connectivity index (χ0v) is 14.0. The molecule has 2 heterocycles. The van der Waals surface area contributed by atoms with Crippen molar-refractivity contribution in [2.24, 2.45) is 7.05 Å². The van der Waals surface area contributed by atoms with Crippen molar-refractivity contribution in [3.05, 3.63) is 33.9 Å². The number of aromatic nitrogens is 4. The number of imidazole rings is 1. The van der Waals surface area contributed by atoms with Crippen LogP contribution in [0.2, 0.25) is 0 Å². The number of aryl methyl sites for hydroxylation is 3. The quantitative estimate of drug-likeness (QED) is 0.789. The van der Waals surface area contributed by atoms with Crippen LogP contribution in [0.15, 0.2) is 22.7 Å². The van der Waals surface area contributed by atoms with E-state index in [2.05, 4.69) is 45.9 Å². The lowest BCUT2D eigenvalue weighted by atomic mass is 10.2. The molecule has 110 valence electrons. The molecule has 0 fully saturated rings. The molecule has 0 spiro atoms. The second-order valence-electron chi connectivity index (χ2n) is 5.23. The lowest BCUT2D eigenvalue weighted by Gasteiger charge is -2.10. The van der Waals surface area contributed by atoms with Gasteiger partial charge in [0.2, 0.25) is 5.95 Å². The Kier molecular flexibility index (Phi) is 3.49. The highest BCUT2D eigenvalue weighted by Gasteiger charge is 2.19. The molecule has 0 bridgehead atoms. The molecule has 2 aromatic heterocycles. The number of anilines is 1. The normalized spacial score (nSPS) is 11.4. The van der Waals surface area contributed by atoms with E-state index in [1.54, 1.807) is 0 Å². The second-order valence-corrected chi connectivity index (χ2v) is 6.14. The molecular formula is C15H18BrN5. The molecule has 3 rings (SSSR count). The summed E-state index contributed by atoms with van der Waals surface area (Å²) in [6.07, 6.45) is 1.95. The molecule has 0 amide bonds. The Morgan fingerprint density at radius 1 is 1.33 bits per heavy atom. The van der Waals surface area contributed by atoms with Crippen LogP contribution in [0.3, 0.4) is 0 Å². The van der Waals surface area contributed by atoms with Crippen molar-refractivity contribution in [2.75, 3.05) is 5.73 Å². The van der Waals surface area contributed by atoms with E-state index in [-0.39, 0.29) is 0 Å². The molecule has 1 aromatic carbocycles. The monoisotopic (exact) mass is 347 g/mol. The minimum absolute atomic E-state index is 0.501. The molecule has 0 saturated carbocycles. The number of fused-ring (bicyclic) bond motifs is 1. The third kappa shape index (κ3) is 2.23. The summed E-state index contributed by atoms with van der Waals surface area (Å²) >= 11 is 3.49. The number of nitrogens with two attached hydrogens (primary N) is 1. The van der Waals surface area contributed by atoms with E-state index in [0.29, 0.717) is 5.95 Å². The number of nitrogens with zero attached hydrogens (tertiary/aromatic N) is 4. The van der Waals surface area contributed by atoms with Gasteiger partial charge in [0, 0.05) is 11.5 Å². The van der Waals surface area contributed by atoms with E-state index >= 15 is 0 Å². The Morgan fingerprint density at radius 2 is 2.10 bits per heavy atom. The highest BCUT2D eigenvalue weighted by atomic mass is 79.9. The van der Waals surface area contributed by atoms with Crippen molar-refractivity contribution < 1.29 is 0 Å². The average molecular weight is 348 g/mol. The topological polar surface area (TPSA) is 61.7 Å². The van der Waals surface area contributed by atoms with Crippen LogP contribution in [0, 0.1) is 6.92 Å². The number of hydrogen-bond donors (Lipinski definition) is 1. The molecule has 0 aliphatic carbocycles. The Hall–Kier alpha value is -1.82. The highest BCUT2D eigenvalue weighted by Crippen LogP contribution is 2.28. The van der Waals surface area contributed by atoms with Gasteiger partial charge in [-0.25, -0.2) is 9.67 Å². The van der Waals surface area contributed by atoms with Crippen molar-refractivity contribution in [3.8, 4) is 5.69 Å². The summed E-state index contributed by atoms with van der Waals surface area (Å²) in [5.41, 5.74) is 11.2. The first-order valence-corrected chi connectivity index (χ1v) is 7.78. The van der Waals surface area contributed by atoms with Gasteiger partial charge in [-0.1, -0.05) is 29.3 Å². The summed E-state index contributed by atoms with van der Waals surface area (Å²) < 4.78 is 4.89. The molecular weight excluding hydrogens is 330 g/mol. The SMILES string of the molecule is CCCc1nn(C)c2c1nc(N)n2-c1ccc(Br)cc1C. The molecule has 0 atom stereocenters. The Labute approximate surface area is 131 Å². The second kappa shape index (κ2) is 5.18. The summed E-state index contributed by atoms with van der Waals surface area (Å²) in [4.78, 5) is 4.54. The van der Waals surface area contributed by atoms with E-state index in [0.717, 1.165) is 45.4 Å². The van der Waals surface area contributed by atoms with Crippen LogP contribution in [0.5, 0.6) is 0 Å². The molecule has 0 radical (unpaired) electrons. The molecule has 0 unspecified atom stereocenters. The van der Waals surface area contributed by atoms with E-state index in [9.17, 15) is 0 Å². The number of benzene rings is 1. The van der Waals surface area contributed by atoms with Crippen LogP contribution in [-0.2, 0) is 13.5 Å². The van der Waals surface area contributed by atoms with Crippen molar-refractivity contribution in [1.29, 1.82) is 0 Å². The van der Waals surface area contributed by atoms with Gasteiger partial charge in [0.05, 0.1) is 11.4 Å². The molecule has 0 saturated heterocycles. The van der Waals surface area contributed by atoms with Crippen molar-refractivity contribution in [2.45, 2.75) is 26.7 Å². The van der Waals surface area contributed by atoms with Gasteiger partial charge >= 0.3 is 0 Å². The highest BCUT2D eigenvalue weighted by molar-refractivity contribution is 9.10. The first-order valence-electron chi connectivity index (χ1n) is 6.99. The van der Waals surface area contributed by atoms with Gasteiger partial charge in [0.25, 0.3) is 0 Å². The van der Waals surface area contributed by atoms with Crippen LogP contribution in [0.4, 0.5) is 5.95 Å². The first-order chi connectivity index (χ1) is 10.0. The predicted molar refractivity (Wildman–Crippen MR) is 88.7 cm³/mol. The molecule has 0 aliphatic rings. The van der Waals surface area contributed by atoms with E-state index in [1.165, 1.54) is 0 Å². The van der Waals surface area contributed by atoms with Crippen LogP contribution in [0.1, 0.15) is 24.6 Å². The zero-order valence-electron chi connectivity index (χ0n) is 12.4. The van der Waals surface area contributed by atoms with E-state index in [1.807, 2.05) is 28.4 Å². The predicted octanol–water partition coefficient (Wildman–Crippen LogP) is 3.36. The maximum Gasteiger partial charge on any atom is 0.207 e. The van der Waals surface area contributed by atoms with E-state index < -0.39 is 0 Å². The first kappa shape index (κ1) is 14.1. The Balaban J connectivity index is 2.30. The summed E-state index contributed by atoms with van der Waals surface area (Å²) in [5, 5.41) is 4.58. The molecule has 6 heteroatoms. The van der Waals surface area contributed by atoms with Gasteiger partial charge in [0.15, 0.2) is 5.65 Å². The van der Waals surface area contributed by atoms with Crippen LogP contribution < -0.4 is 5.73 Å². The fourth-order valence-electron chi connectivity index (χ4n) is 2.71. The number of hydrogen-bond acceptors (Lipinski definition) is 3. The standard InChI is InChI=1S/C15H18BrN5/c1-4-5-11-13-14(20(3)19-11)21(15(17)18-13)12-7-6-10(16)8-9(12)2/h6-8H,4-5H2,1-3H3,(H2,17,18). The van der Waals surface area contributed by atoms with Crippen LogP contribution in [-0.4, -0.2) is 19.3 Å². The van der Waals surface area contributed by atoms with Crippen molar-refractivity contribution in [3.63, 3.8) is 0 Å². The fourth-order valence-corrected chi connectivity index (χ4v) is 3.18. The fraction of sp³-hybridized carbons (Fsp3) is 0.333. The summed E-state index contributed by atoms with van der Waals surface area (Å²) in [6, 6.07) is 6.13. The summed E-state index contributed by atoms with van der Waals surface area (Å²) in [5.74, 6) is 0.501. The smallest absolute Gasteiger partial charge is 0.207 e. The van der Waals surface area contributed by atoms with Gasteiger partial charge < -0.3 is 5.73 Å². The minimum atomic E-state index is 0.501. The number of halogens is 1. The molecule has 0 aliphatic heterocycles. The third-order valence-corrected chi connectivity index (χ3v) is 4.11. The minimum Gasteiger partial charge on any atom is -0.369 e. The summed E-state index contributed by atoms with van der Waals surface area (Å²) in [7, 11) is 1.94. The maximum atomic E-state index is 6.17. The average Bonchev–Trinajstić information content (AvgIpc) is 2.89. The molecule has 5 nitrogen and oxygen atoms in total. The largest absolute Gasteiger partial charge is 0.369 e. The molecule has 3 aromatic rings. The van der Waals surface area contributed by atoms with Crippen LogP contribution >= 0.6 is 15.9 Å². The maximum absolute atomic E-state index is 6.17. The zero-order chi connectivity index (χ0) is 15.1. The van der Waals surface area contributed by atoms with Crippen molar-refractivity contribution in [1.82, 2.24) is 19.3 Å². The van der Waals surface area contributed by atoms with Gasteiger partial charge in [-0.05, 0) is 37.1 Å². The Bertz CT molecular complexity index is 815. The number of nitrogen functional groups attached to an aromatic ring is 1. The van der Waals surface area contributed by atoms with Gasteiger partial charge in [-0.2, -0.15) is 5.10 Å². The number of rotatable bonds is 3.